The lowest BCUT2D eigenvalue weighted by atomic mass is 10.0. The Morgan fingerprint density at radius 2 is 1.90 bits per heavy atom. The average Bonchev–Trinajstić information content (AvgIpc) is 3.40. The maximum atomic E-state index is 12.5. The first-order valence-corrected chi connectivity index (χ1v) is 10.5. The number of carbonyl (C=O) groups is 1. The van der Waals surface area contributed by atoms with E-state index in [1.54, 1.807) is 17.5 Å². The summed E-state index contributed by atoms with van der Waals surface area (Å²) in [6, 6.07) is 18.5. The van der Waals surface area contributed by atoms with Crippen molar-refractivity contribution in [2.45, 2.75) is 0 Å². The second-order valence-electron chi connectivity index (χ2n) is 7.04. The molecule has 29 heavy (non-hydrogen) atoms. The molecule has 0 atom stereocenters. The van der Waals surface area contributed by atoms with Gasteiger partial charge < -0.3 is 20.3 Å². The molecule has 1 amide bonds. The Labute approximate surface area is 173 Å². The standard InChI is InChI=1S/C23H21N3O2S/c27-23-20(19-8-3-16(14-21(19)25-23)22-2-1-13-29-22)15-24-17-4-6-18(7-5-17)26-9-11-28-12-10-26/h1-8,13-15,24H,9-12H2,(H,25,27)/b20-15-. The van der Waals surface area contributed by atoms with Crippen molar-refractivity contribution in [1.29, 1.82) is 0 Å². The third kappa shape index (κ3) is 3.64. The summed E-state index contributed by atoms with van der Waals surface area (Å²) in [7, 11) is 0. The van der Waals surface area contributed by atoms with E-state index in [4.69, 9.17) is 4.74 Å². The van der Waals surface area contributed by atoms with E-state index < -0.39 is 0 Å². The van der Waals surface area contributed by atoms with E-state index in [9.17, 15) is 4.79 Å². The number of amides is 1. The molecule has 0 radical (unpaired) electrons. The van der Waals surface area contributed by atoms with Crippen LogP contribution in [0, 0.1) is 0 Å². The fourth-order valence-corrected chi connectivity index (χ4v) is 4.40. The summed E-state index contributed by atoms with van der Waals surface area (Å²) in [6.07, 6.45) is 1.79. The van der Waals surface area contributed by atoms with Crippen LogP contribution in [0.5, 0.6) is 0 Å². The topological polar surface area (TPSA) is 53.6 Å². The van der Waals surface area contributed by atoms with Crippen LogP contribution < -0.4 is 15.5 Å². The van der Waals surface area contributed by atoms with Crippen LogP contribution in [0.15, 0.2) is 66.2 Å². The molecule has 6 heteroatoms. The number of hydrogen-bond donors (Lipinski definition) is 2. The smallest absolute Gasteiger partial charge is 0.257 e. The van der Waals surface area contributed by atoms with Crippen molar-refractivity contribution in [3.05, 3.63) is 71.7 Å². The zero-order valence-electron chi connectivity index (χ0n) is 15.9. The molecule has 3 aromatic rings. The van der Waals surface area contributed by atoms with Crippen LogP contribution >= 0.6 is 11.3 Å². The van der Waals surface area contributed by atoms with Gasteiger partial charge in [-0.1, -0.05) is 18.2 Å². The van der Waals surface area contributed by atoms with Gasteiger partial charge in [0.15, 0.2) is 0 Å². The summed E-state index contributed by atoms with van der Waals surface area (Å²) >= 11 is 1.69. The SMILES string of the molecule is O=C1Nc2cc(-c3cccs3)ccc2/C1=C/Nc1ccc(N2CCOCC2)cc1. The Morgan fingerprint density at radius 1 is 1.07 bits per heavy atom. The first kappa shape index (κ1) is 18.0. The highest BCUT2D eigenvalue weighted by molar-refractivity contribution is 7.13. The monoisotopic (exact) mass is 403 g/mol. The molecule has 2 N–H and O–H groups in total. The summed E-state index contributed by atoms with van der Waals surface area (Å²) in [5.74, 6) is -0.0826. The number of ether oxygens (including phenoxy) is 1. The van der Waals surface area contributed by atoms with Gasteiger partial charge in [-0.3, -0.25) is 4.79 Å². The molecule has 5 nitrogen and oxygen atoms in total. The van der Waals surface area contributed by atoms with Crippen molar-refractivity contribution in [2.24, 2.45) is 0 Å². The van der Waals surface area contributed by atoms with Crippen molar-refractivity contribution >= 4 is 39.9 Å². The molecule has 0 saturated carbocycles. The quantitative estimate of drug-likeness (QED) is 0.623. The van der Waals surface area contributed by atoms with Crippen LogP contribution in [0.4, 0.5) is 17.1 Å². The number of benzene rings is 2. The highest BCUT2D eigenvalue weighted by Crippen LogP contribution is 2.36. The number of morpholine rings is 1. The van der Waals surface area contributed by atoms with Crippen molar-refractivity contribution in [2.75, 3.05) is 41.8 Å². The molecular weight excluding hydrogens is 382 g/mol. The summed E-state index contributed by atoms with van der Waals surface area (Å²) < 4.78 is 5.41. The molecule has 0 bridgehead atoms. The Balaban J connectivity index is 1.33. The largest absolute Gasteiger partial charge is 0.378 e. The summed E-state index contributed by atoms with van der Waals surface area (Å²) in [6.45, 7) is 3.38. The Kier molecular flexibility index (Phi) is 4.79. The lowest BCUT2D eigenvalue weighted by Gasteiger charge is -2.28. The molecule has 1 fully saturated rings. The third-order valence-electron chi connectivity index (χ3n) is 5.23. The minimum Gasteiger partial charge on any atom is -0.378 e. The van der Waals surface area contributed by atoms with Gasteiger partial charge in [0, 0.05) is 46.8 Å². The Hall–Kier alpha value is -3.09. The molecular formula is C23H21N3O2S. The predicted molar refractivity (Wildman–Crippen MR) is 119 cm³/mol. The number of rotatable bonds is 4. The minimum absolute atomic E-state index is 0.0826. The van der Waals surface area contributed by atoms with Crippen LogP contribution in [0.2, 0.25) is 0 Å². The first-order valence-electron chi connectivity index (χ1n) is 9.67. The number of carbonyl (C=O) groups excluding carboxylic acids is 1. The number of anilines is 3. The van der Waals surface area contributed by atoms with E-state index in [2.05, 4.69) is 45.2 Å². The van der Waals surface area contributed by atoms with E-state index in [1.807, 2.05) is 30.3 Å². The number of nitrogens with zero attached hydrogens (tertiary/aromatic N) is 1. The zero-order chi connectivity index (χ0) is 19.6. The van der Waals surface area contributed by atoms with E-state index in [1.165, 1.54) is 10.6 Å². The van der Waals surface area contributed by atoms with Gasteiger partial charge in [-0.2, -0.15) is 0 Å². The number of nitrogens with one attached hydrogen (secondary N) is 2. The van der Waals surface area contributed by atoms with Crippen LogP contribution in [0.25, 0.3) is 16.0 Å². The molecule has 0 spiro atoms. The summed E-state index contributed by atoms with van der Waals surface area (Å²) in [4.78, 5) is 16.0. The van der Waals surface area contributed by atoms with E-state index >= 15 is 0 Å². The van der Waals surface area contributed by atoms with Gasteiger partial charge in [0.1, 0.15) is 0 Å². The second kappa shape index (κ2) is 7.73. The number of thiophene rings is 1. The van der Waals surface area contributed by atoms with Gasteiger partial charge in [0.05, 0.1) is 18.8 Å². The summed E-state index contributed by atoms with van der Waals surface area (Å²) in [5.41, 5.74) is 5.69. The maximum absolute atomic E-state index is 12.5. The molecule has 146 valence electrons. The average molecular weight is 404 g/mol. The normalized spacial score (nSPS) is 17.3. The Morgan fingerprint density at radius 3 is 2.66 bits per heavy atom. The highest BCUT2D eigenvalue weighted by atomic mass is 32.1. The van der Waals surface area contributed by atoms with Crippen LogP contribution in [0.1, 0.15) is 5.56 Å². The van der Waals surface area contributed by atoms with Gasteiger partial charge in [-0.05, 0) is 47.3 Å². The number of hydrogen-bond acceptors (Lipinski definition) is 5. The molecule has 3 heterocycles. The van der Waals surface area contributed by atoms with Crippen LogP contribution in [0.3, 0.4) is 0 Å². The molecule has 1 saturated heterocycles. The summed E-state index contributed by atoms with van der Waals surface area (Å²) in [5, 5.41) is 8.30. The minimum atomic E-state index is -0.0826. The zero-order valence-corrected chi connectivity index (χ0v) is 16.7. The van der Waals surface area contributed by atoms with Gasteiger partial charge >= 0.3 is 0 Å². The van der Waals surface area contributed by atoms with Gasteiger partial charge in [-0.15, -0.1) is 11.3 Å². The molecule has 0 unspecified atom stereocenters. The highest BCUT2D eigenvalue weighted by Gasteiger charge is 2.24. The molecule has 1 aromatic heterocycles. The molecule has 2 aliphatic heterocycles. The molecule has 2 aromatic carbocycles. The fraction of sp³-hybridized carbons (Fsp3) is 0.174. The van der Waals surface area contributed by atoms with Crippen molar-refractivity contribution < 1.29 is 9.53 Å². The van der Waals surface area contributed by atoms with Crippen molar-refractivity contribution in [1.82, 2.24) is 0 Å². The second-order valence-corrected chi connectivity index (χ2v) is 7.99. The van der Waals surface area contributed by atoms with E-state index in [0.29, 0.717) is 5.57 Å². The molecule has 2 aliphatic rings. The van der Waals surface area contributed by atoms with Gasteiger partial charge in [0.2, 0.25) is 0 Å². The number of fused-ring (bicyclic) bond motifs is 1. The third-order valence-corrected chi connectivity index (χ3v) is 6.15. The molecule has 5 rings (SSSR count). The Bertz CT molecular complexity index is 1050. The van der Waals surface area contributed by atoms with E-state index in [-0.39, 0.29) is 5.91 Å². The molecule has 0 aliphatic carbocycles. The lowest BCUT2D eigenvalue weighted by Crippen LogP contribution is -2.36. The van der Waals surface area contributed by atoms with Gasteiger partial charge in [0.25, 0.3) is 5.91 Å². The van der Waals surface area contributed by atoms with E-state index in [0.717, 1.165) is 48.8 Å². The first-order chi connectivity index (χ1) is 14.3. The predicted octanol–water partition coefficient (Wildman–Crippen LogP) is 4.66. The maximum Gasteiger partial charge on any atom is 0.257 e. The lowest BCUT2D eigenvalue weighted by molar-refractivity contribution is -0.110. The van der Waals surface area contributed by atoms with Crippen molar-refractivity contribution in [3.63, 3.8) is 0 Å². The fourth-order valence-electron chi connectivity index (χ4n) is 3.68. The van der Waals surface area contributed by atoms with Crippen LogP contribution in [-0.2, 0) is 9.53 Å². The van der Waals surface area contributed by atoms with Gasteiger partial charge in [-0.25, -0.2) is 0 Å². The van der Waals surface area contributed by atoms with Crippen LogP contribution in [-0.4, -0.2) is 32.2 Å². The van der Waals surface area contributed by atoms with Crippen molar-refractivity contribution in [3.8, 4) is 10.4 Å².